The SMILES string of the molecule is CCCCCCCCS(=O)(=O)N1CCCN(C(=O)CN2CCc3sccc3[C@@H]2c2cccc(F)c2)CC1. The molecule has 1 amide bonds. The molecule has 204 valence electrons. The van der Waals surface area contributed by atoms with Crippen LogP contribution in [0.5, 0.6) is 0 Å². The lowest BCUT2D eigenvalue weighted by Gasteiger charge is -2.37. The first kappa shape index (κ1) is 28.2. The number of benzene rings is 1. The first-order chi connectivity index (χ1) is 17.9. The maximum Gasteiger partial charge on any atom is 0.236 e. The predicted molar refractivity (Wildman–Crippen MR) is 148 cm³/mol. The third-order valence-corrected chi connectivity index (χ3v) is 10.5. The minimum Gasteiger partial charge on any atom is -0.340 e. The van der Waals surface area contributed by atoms with Gasteiger partial charge in [0, 0.05) is 37.6 Å². The van der Waals surface area contributed by atoms with Crippen molar-refractivity contribution < 1.29 is 17.6 Å². The van der Waals surface area contributed by atoms with Gasteiger partial charge in [-0.3, -0.25) is 9.69 Å². The Morgan fingerprint density at radius 2 is 1.84 bits per heavy atom. The lowest BCUT2D eigenvalue weighted by atomic mass is 9.93. The zero-order valence-corrected chi connectivity index (χ0v) is 23.5. The van der Waals surface area contributed by atoms with E-state index in [1.165, 1.54) is 30.2 Å². The fourth-order valence-electron chi connectivity index (χ4n) is 5.49. The number of nitrogens with zero attached hydrogens (tertiary/aromatic N) is 3. The highest BCUT2D eigenvalue weighted by molar-refractivity contribution is 7.89. The second-order valence-electron chi connectivity index (χ2n) is 10.2. The largest absolute Gasteiger partial charge is 0.340 e. The third-order valence-electron chi connectivity index (χ3n) is 7.53. The van der Waals surface area contributed by atoms with Crippen LogP contribution in [-0.4, -0.2) is 73.5 Å². The topological polar surface area (TPSA) is 60.9 Å². The average molecular weight is 550 g/mol. The van der Waals surface area contributed by atoms with Crippen LogP contribution in [0.2, 0.25) is 0 Å². The number of sulfonamides is 1. The molecule has 2 aliphatic rings. The summed E-state index contributed by atoms with van der Waals surface area (Å²) >= 11 is 1.71. The molecule has 9 heteroatoms. The molecule has 1 saturated heterocycles. The van der Waals surface area contributed by atoms with Crippen molar-refractivity contribution in [2.24, 2.45) is 0 Å². The molecule has 3 heterocycles. The molecule has 0 radical (unpaired) electrons. The molecule has 0 N–H and O–H groups in total. The minimum atomic E-state index is -3.30. The summed E-state index contributed by atoms with van der Waals surface area (Å²) in [5, 5.41) is 2.07. The van der Waals surface area contributed by atoms with E-state index in [4.69, 9.17) is 0 Å². The third kappa shape index (κ3) is 7.40. The first-order valence-corrected chi connectivity index (χ1v) is 16.2. The van der Waals surface area contributed by atoms with E-state index in [9.17, 15) is 17.6 Å². The molecular weight excluding hydrogens is 509 g/mol. The molecular formula is C28H40FN3O3S2. The van der Waals surface area contributed by atoms with Crippen molar-refractivity contribution in [3.8, 4) is 0 Å². The number of carbonyl (C=O) groups is 1. The Labute approximate surface area is 225 Å². The predicted octanol–water partition coefficient (Wildman–Crippen LogP) is 5.06. The summed E-state index contributed by atoms with van der Waals surface area (Å²) in [6.45, 7) is 4.93. The molecule has 0 saturated carbocycles. The molecule has 1 fully saturated rings. The van der Waals surface area contributed by atoms with Crippen molar-refractivity contribution in [3.05, 3.63) is 57.5 Å². The van der Waals surface area contributed by atoms with Crippen molar-refractivity contribution in [1.29, 1.82) is 0 Å². The van der Waals surface area contributed by atoms with Crippen molar-refractivity contribution in [1.82, 2.24) is 14.1 Å². The second-order valence-corrected chi connectivity index (χ2v) is 13.3. The van der Waals surface area contributed by atoms with Gasteiger partial charge in [-0.05, 0) is 54.0 Å². The molecule has 0 spiro atoms. The molecule has 1 aromatic heterocycles. The van der Waals surface area contributed by atoms with Crippen LogP contribution in [0.25, 0.3) is 0 Å². The zero-order chi connectivity index (χ0) is 26.3. The van der Waals surface area contributed by atoms with E-state index in [1.807, 2.05) is 11.0 Å². The van der Waals surface area contributed by atoms with Crippen LogP contribution in [0.3, 0.4) is 0 Å². The van der Waals surface area contributed by atoms with Crippen molar-refractivity contribution in [3.63, 3.8) is 0 Å². The summed E-state index contributed by atoms with van der Waals surface area (Å²) in [7, 11) is -3.30. The van der Waals surface area contributed by atoms with Crippen LogP contribution in [0, 0.1) is 5.82 Å². The van der Waals surface area contributed by atoms with E-state index in [0.717, 1.165) is 36.9 Å². The molecule has 37 heavy (non-hydrogen) atoms. The van der Waals surface area contributed by atoms with Gasteiger partial charge in [-0.25, -0.2) is 17.1 Å². The molecule has 0 unspecified atom stereocenters. The molecule has 6 nitrogen and oxygen atoms in total. The van der Waals surface area contributed by atoms with Gasteiger partial charge in [0.2, 0.25) is 15.9 Å². The smallest absolute Gasteiger partial charge is 0.236 e. The first-order valence-electron chi connectivity index (χ1n) is 13.7. The van der Waals surface area contributed by atoms with Gasteiger partial charge in [0.25, 0.3) is 0 Å². The zero-order valence-electron chi connectivity index (χ0n) is 21.9. The summed E-state index contributed by atoms with van der Waals surface area (Å²) in [5.41, 5.74) is 2.01. The van der Waals surface area contributed by atoms with Crippen molar-refractivity contribution >= 4 is 27.3 Å². The number of fused-ring (bicyclic) bond motifs is 1. The van der Waals surface area contributed by atoms with Gasteiger partial charge in [-0.15, -0.1) is 11.3 Å². The monoisotopic (exact) mass is 549 g/mol. The Morgan fingerprint density at radius 3 is 2.65 bits per heavy atom. The summed E-state index contributed by atoms with van der Waals surface area (Å²) in [5.74, 6) is -0.0739. The van der Waals surface area contributed by atoms with E-state index in [1.54, 1.807) is 27.8 Å². The minimum absolute atomic E-state index is 0.00950. The number of unbranched alkanes of at least 4 members (excludes halogenated alkanes) is 5. The quantitative estimate of drug-likeness (QED) is 0.368. The second kappa shape index (κ2) is 13.3. The van der Waals surface area contributed by atoms with Gasteiger partial charge in [0.1, 0.15) is 5.82 Å². The molecule has 2 aliphatic heterocycles. The summed E-state index contributed by atoms with van der Waals surface area (Å²) in [6, 6.07) is 8.59. The summed E-state index contributed by atoms with van der Waals surface area (Å²) in [6.07, 6.45) is 7.81. The number of thiophene rings is 1. The molecule has 0 bridgehead atoms. The van der Waals surface area contributed by atoms with E-state index in [0.29, 0.717) is 39.0 Å². The Bertz CT molecular complexity index is 1140. The molecule has 2 aromatic rings. The van der Waals surface area contributed by atoms with Gasteiger partial charge in [0.15, 0.2) is 0 Å². The van der Waals surface area contributed by atoms with E-state index in [2.05, 4.69) is 23.3 Å². The van der Waals surface area contributed by atoms with E-state index < -0.39 is 10.0 Å². The number of hydrogen-bond donors (Lipinski definition) is 0. The standard InChI is InChI=1S/C28H40FN3O3S2/c1-2-3-4-5-6-7-20-37(34,35)32-15-9-14-30(17-18-32)27(33)22-31-16-12-26-25(13-19-36-26)28(31)23-10-8-11-24(29)21-23/h8,10-11,13,19,21,28H,2-7,9,12,14-18,20,22H2,1H3/t28-/m0/s1. The Kier molecular flexibility index (Phi) is 10.1. The number of hydrogen-bond acceptors (Lipinski definition) is 5. The van der Waals surface area contributed by atoms with Gasteiger partial charge in [0.05, 0.1) is 18.3 Å². The van der Waals surface area contributed by atoms with Crippen LogP contribution in [-0.2, 0) is 21.2 Å². The van der Waals surface area contributed by atoms with Crippen molar-refractivity contribution in [2.45, 2.75) is 64.3 Å². The number of halogens is 1. The number of amides is 1. The number of carbonyl (C=O) groups excluding carboxylic acids is 1. The van der Waals surface area contributed by atoms with Crippen LogP contribution in [0.15, 0.2) is 35.7 Å². The number of rotatable bonds is 11. The highest BCUT2D eigenvalue weighted by Crippen LogP contribution is 2.37. The van der Waals surface area contributed by atoms with Crippen LogP contribution >= 0.6 is 11.3 Å². The van der Waals surface area contributed by atoms with Crippen LogP contribution in [0.4, 0.5) is 4.39 Å². The summed E-state index contributed by atoms with van der Waals surface area (Å²) < 4.78 is 41.5. The van der Waals surface area contributed by atoms with Gasteiger partial charge in [-0.1, -0.05) is 51.2 Å². The molecule has 1 aromatic carbocycles. The van der Waals surface area contributed by atoms with Crippen molar-refractivity contribution in [2.75, 3.05) is 45.0 Å². The molecule has 0 aliphatic carbocycles. The Morgan fingerprint density at radius 1 is 1.03 bits per heavy atom. The highest BCUT2D eigenvalue weighted by atomic mass is 32.2. The highest BCUT2D eigenvalue weighted by Gasteiger charge is 2.33. The van der Waals surface area contributed by atoms with E-state index >= 15 is 0 Å². The Hall–Kier alpha value is -1.81. The van der Waals surface area contributed by atoms with E-state index in [-0.39, 0.29) is 30.1 Å². The van der Waals surface area contributed by atoms with Gasteiger partial charge < -0.3 is 4.90 Å². The fourth-order valence-corrected chi connectivity index (χ4v) is 7.99. The Balaban J connectivity index is 1.35. The van der Waals surface area contributed by atoms with Gasteiger partial charge >= 0.3 is 0 Å². The maximum absolute atomic E-state index is 14.1. The lowest BCUT2D eigenvalue weighted by molar-refractivity contribution is -0.132. The fraction of sp³-hybridized carbons (Fsp3) is 0.607. The molecule has 1 atom stereocenters. The molecule has 4 rings (SSSR count). The van der Waals surface area contributed by atoms with Gasteiger partial charge in [-0.2, -0.15) is 0 Å². The normalized spacial score (nSPS) is 19.5. The summed E-state index contributed by atoms with van der Waals surface area (Å²) in [4.78, 5) is 18.7. The van der Waals surface area contributed by atoms with Crippen LogP contribution < -0.4 is 0 Å². The van der Waals surface area contributed by atoms with Crippen LogP contribution in [0.1, 0.15) is 73.9 Å². The average Bonchev–Trinajstić information content (AvgIpc) is 3.20. The maximum atomic E-state index is 14.1. The lowest BCUT2D eigenvalue weighted by Crippen LogP contribution is -2.45.